The van der Waals surface area contributed by atoms with Gasteiger partial charge in [0.2, 0.25) is 0 Å². The van der Waals surface area contributed by atoms with E-state index in [4.69, 9.17) is 24.5 Å². The number of ether oxygens (including phenoxy) is 1. The first kappa shape index (κ1) is 17.7. The van der Waals surface area contributed by atoms with Crippen LogP contribution in [-0.2, 0) is 9.59 Å². The van der Waals surface area contributed by atoms with Crippen LogP contribution in [0, 0.1) is 0 Å². The molecule has 3 N–H and O–H groups in total. The molecule has 20 heavy (non-hydrogen) atoms. The summed E-state index contributed by atoms with van der Waals surface area (Å²) in [7, 11) is 0. The Morgan fingerprint density at radius 1 is 1.20 bits per heavy atom. The second-order valence-corrected chi connectivity index (χ2v) is 3.62. The van der Waals surface area contributed by atoms with E-state index in [0.29, 0.717) is 0 Å². The molecule has 6 nitrogen and oxygen atoms in total. The number of nitrogens with one attached hydrogen (secondary N) is 1. The summed E-state index contributed by atoms with van der Waals surface area (Å²) in [5, 5.41) is 18.0. The summed E-state index contributed by atoms with van der Waals surface area (Å²) in [6, 6.07) is 9.88. The molecule has 0 aromatic heterocycles. The fourth-order valence-electron chi connectivity index (χ4n) is 1.11. The van der Waals surface area contributed by atoms with Gasteiger partial charge >= 0.3 is 11.9 Å². The normalized spacial score (nSPS) is 9.00. The quantitative estimate of drug-likeness (QED) is 0.397. The van der Waals surface area contributed by atoms with Crippen LogP contribution in [0.15, 0.2) is 43.0 Å². The fourth-order valence-corrected chi connectivity index (χ4v) is 1.11. The summed E-state index contributed by atoms with van der Waals surface area (Å²) >= 11 is 0. The Labute approximate surface area is 117 Å². The van der Waals surface area contributed by atoms with Crippen LogP contribution >= 0.6 is 0 Å². The summed E-state index contributed by atoms with van der Waals surface area (Å²) in [6.07, 6.45) is 2.88. The molecule has 0 saturated heterocycles. The van der Waals surface area contributed by atoms with Crippen molar-refractivity contribution in [2.24, 2.45) is 0 Å². The molecule has 1 aromatic carbocycles. The average molecular weight is 281 g/mol. The predicted molar refractivity (Wildman–Crippen MR) is 74.9 cm³/mol. The summed E-state index contributed by atoms with van der Waals surface area (Å²) in [5.41, 5.74) is 0. The maximum absolute atomic E-state index is 9.10. The smallest absolute Gasteiger partial charge is 0.414 e. The first-order valence-electron chi connectivity index (χ1n) is 6.03. The zero-order valence-corrected chi connectivity index (χ0v) is 11.1. The van der Waals surface area contributed by atoms with Crippen molar-refractivity contribution in [1.29, 1.82) is 0 Å². The first-order chi connectivity index (χ1) is 9.57. The van der Waals surface area contributed by atoms with Crippen molar-refractivity contribution < 1.29 is 24.5 Å². The van der Waals surface area contributed by atoms with Gasteiger partial charge in [-0.15, -0.1) is 6.58 Å². The molecule has 0 radical (unpaired) electrons. The number of benzene rings is 1. The number of hydrogen-bond acceptors (Lipinski definition) is 4. The Morgan fingerprint density at radius 2 is 1.80 bits per heavy atom. The van der Waals surface area contributed by atoms with Crippen LogP contribution in [0.2, 0.25) is 0 Å². The molecule has 0 amide bonds. The number of aliphatic carboxylic acids is 2. The standard InChI is InChI=1S/C12H17NO.C2H2O4/c1-2-9-13-10-6-11-14-12-7-4-3-5-8-12;3-1(4)2(5)6/h2-5,7-8,13H,1,6,9-11H2;(H,3,4)(H,5,6). The van der Waals surface area contributed by atoms with E-state index < -0.39 is 11.9 Å². The second-order valence-electron chi connectivity index (χ2n) is 3.62. The summed E-state index contributed by atoms with van der Waals surface area (Å²) in [4.78, 5) is 18.2. The topological polar surface area (TPSA) is 95.9 Å². The van der Waals surface area contributed by atoms with Gasteiger partial charge in [0.05, 0.1) is 6.61 Å². The van der Waals surface area contributed by atoms with E-state index in [0.717, 1.165) is 31.9 Å². The van der Waals surface area contributed by atoms with Crippen molar-refractivity contribution in [3.05, 3.63) is 43.0 Å². The predicted octanol–water partition coefficient (Wildman–Crippen LogP) is 1.39. The van der Waals surface area contributed by atoms with Gasteiger partial charge < -0.3 is 20.3 Å². The molecule has 0 aliphatic rings. The lowest BCUT2D eigenvalue weighted by atomic mass is 10.3. The molecule has 0 heterocycles. The maximum Gasteiger partial charge on any atom is 0.414 e. The molecule has 1 rings (SSSR count). The van der Waals surface area contributed by atoms with Crippen molar-refractivity contribution in [2.45, 2.75) is 6.42 Å². The third-order valence-electron chi connectivity index (χ3n) is 1.98. The van der Waals surface area contributed by atoms with E-state index in [1.54, 1.807) is 0 Å². The van der Waals surface area contributed by atoms with E-state index in [1.807, 2.05) is 36.4 Å². The molecule has 0 atom stereocenters. The highest BCUT2D eigenvalue weighted by Crippen LogP contribution is 2.07. The number of hydrogen-bond donors (Lipinski definition) is 3. The first-order valence-corrected chi connectivity index (χ1v) is 6.03. The highest BCUT2D eigenvalue weighted by atomic mass is 16.5. The monoisotopic (exact) mass is 281 g/mol. The second kappa shape index (κ2) is 11.7. The van der Waals surface area contributed by atoms with Gasteiger partial charge in [-0.1, -0.05) is 24.3 Å². The fraction of sp³-hybridized carbons (Fsp3) is 0.286. The highest BCUT2D eigenvalue weighted by molar-refractivity contribution is 6.27. The molecule has 0 fully saturated rings. The molecule has 0 unspecified atom stereocenters. The van der Waals surface area contributed by atoms with Crippen molar-refractivity contribution in [3.63, 3.8) is 0 Å². The molecule has 110 valence electrons. The molecule has 0 aliphatic heterocycles. The van der Waals surface area contributed by atoms with Crippen LogP contribution in [-0.4, -0.2) is 41.8 Å². The highest BCUT2D eigenvalue weighted by Gasteiger charge is 2.04. The van der Waals surface area contributed by atoms with E-state index in [1.165, 1.54) is 0 Å². The number of rotatable bonds is 7. The van der Waals surface area contributed by atoms with Gasteiger partial charge in [-0.25, -0.2) is 9.59 Å². The molecule has 0 bridgehead atoms. The van der Waals surface area contributed by atoms with E-state index in [-0.39, 0.29) is 0 Å². The molecule has 0 spiro atoms. The molecule has 0 saturated carbocycles. The van der Waals surface area contributed by atoms with Crippen molar-refractivity contribution in [1.82, 2.24) is 5.32 Å². The average Bonchev–Trinajstić information content (AvgIpc) is 2.44. The van der Waals surface area contributed by atoms with Gasteiger partial charge in [0.25, 0.3) is 0 Å². The van der Waals surface area contributed by atoms with E-state index in [9.17, 15) is 0 Å². The Morgan fingerprint density at radius 3 is 2.30 bits per heavy atom. The van der Waals surface area contributed by atoms with E-state index in [2.05, 4.69) is 11.9 Å². The SMILES string of the molecule is C=CCNCCCOc1ccccc1.O=C(O)C(=O)O. The largest absolute Gasteiger partial charge is 0.494 e. The Kier molecular flexibility index (Phi) is 10.4. The van der Waals surface area contributed by atoms with Crippen LogP contribution in [0.1, 0.15) is 6.42 Å². The zero-order valence-electron chi connectivity index (χ0n) is 11.1. The molecule has 6 heteroatoms. The van der Waals surface area contributed by atoms with Crippen LogP contribution < -0.4 is 10.1 Å². The van der Waals surface area contributed by atoms with E-state index >= 15 is 0 Å². The number of carboxylic acid groups (broad SMARTS) is 2. The van der Waals surface area contributed by atoms with Gasteiger partial charge in [-0.05, 0) is 25.1 Å². The summed E-state index contributed by atoms with van der Waals surface area (Å²) < 4.78 is 5.52. The Balaban J connectivity index is 0.000000511. The molecular weight excluding hydrogens is 262 g/mol. The van der Waals surface area contributed by atoms with Crippen LogP contribution in [0.4, 0.5) is 0 Å². The number of para-hydroxylation sites is 1. The Hall–Kier alpha value is -2.34. The summed E-state index contributed by atoms with van der Waals surface area (Å²) in [6.45, 7) is 6.23. The lowest BCUT2D eigenvalue weighted by Crippen LogP contribution is -2.17. The maximum atomic E-state index is 9.10. The van der Waals surface area contributed by atoms with Gasteiger partial charge in [-0.2, -0.15) is 0 Å². The van der Waals surface area contributed by atoms with Gasteiger partial charge in [0.1, 0.15) is 5.75 Å². The molecule has 0 aliphatic carbocycles. The third kappa shape index (κ3) is 10.8. The van der Waals surface area contributed by atoms with Crippen molar-refractivity contribution in [2.75, 3.05) is 19.7 Å². The lowest BCUT2D eigenvalue weighted by Gasteiger charge is -2.05. The lowest BCUT2D eigenvalue weighted by molar-refractivity contribution is -0.159. The summed E-state index contributed by atoms with van der Waals surface area (Å²) in [5.74, 6) is -2.71. The van der Waals surface area contributed by atoms with Crippen LogP contribution in [0.5, 0.6) is 5.75 Å². The van der Waals surface area contributed by atoms with Gasteiger partial charge in [0, 0.05) is 6.54 Å². The minimum atomic E-state index is -1.82. The number of carbonyl (C=O) groups is 2. The minimum Gasteiger partial charge on any atom is -0.494 e. The van der Waals surface area contributed by atoms with Crippen LogP contribution in [0.3, 0.4) is 0 Å². The van der Waals surface area contributed by atoms with Crippen molar-refractivity contribution in [3.8, 4) is 5.75 Å². The third-order valence-corrected chi connectivity index (χ3v) is 1.98. The molecular formula is C14H19NO5. The number of carboxylic acids is 2. The minimum absolute atomic E-state index is 0.758. The van der Waals surface area contributed by atoms with Gasteiger partial charge in [-0.3, -0.25) is 0 Å². The van der Waals surface area contributed by atoms with Crippen LogP contribution in [0.25, 0.3) is 0 Å². The zero-order chi connectivity index (χ0) is 15.2. The van der Waals surface area contributed by atoms with Crippen molar-refractivity contribution >= 4 is 11.9 Å². The Bertz CT molecular complexity index is 393. The molecule has 1 aromatic rings. The van der Waals surface area contributed by atoms with Gasteiger partial charge in [0.15, 0.2) is 0 Å².